The summed E-state index contributed by atoms with van der Waals surface area (Å²) in [7, 11) is 1.54. The third-order valence-electron chi connectivity index (χ3n) is 2.62. The number of benzene rings is 1. The molecule has 0 unspecified atom stereocenters. The van der Waals surface area contributed by atoms with E-state index in [1.807, 2.05) is 12.1 Å². The van der Waals surface area contributed by atoms with E-state index in [1.165, 1.54) is 4.90 Å². The zero-order valence-electron chi connectivity index (χ0n) is 8.99. The van der Waals surface area contributed by atoms with Gasteiger partial charge >= 0.3 is 0 Å². The van der Waals surface area contributed by atoms with E-state index in [2.05, 4.69) is 11.9 Å². The molecule has 0 fully saturated rings. The van der Waals surface area contributed by atoms with Gasteiger partial charge in [-0.05, 0) is 6.07 Å². The molecule has 82 valence electrons. The zero-order chi connectivity index (χ0) is 11.7. The number of amides is 2. The number of fused-ring (bicyclic) bond motifs is 1. The van der Waals surface area contributed by atoms with E-state index in [9.17, 15) is 9.59 Å². The summed E-state index contributed by atoms with van der Waals surface area (Å²) in [6, 6.07) is 7.22. The average molecular weight is 216 g/mol. The van der Waals surface area contributed by atoms with Crippen molar-refractivity contribution in [1.29, 1.82) is 0 Å². The highest BCUT2D eigenvalue weighted by atomic mass is 16.2. The Morgan fingerprint density at radius 2 is 2.00 bits per heavy atom. The molecular weight excluding hydrogens is 204 g/mol. The van der Waals surface area contributed by atoms with Crippen LogP contribution in [-0.4, -0.2) is 30.3 Å². The lowest BCUT2D eigenvalue weighted by Crippen LogP contribution is -2.35. The van der Waals surface area contributed by atoms with Gasteiger partial charge in [-0.1, -0.05) is 24.8 Å². The van der Waals surface area contributed by atoms with Crippen LogP contribution < -0.4 is 5.32 Å². The van der Waals surface area contributed by atoms with Crippen molar-refractivity contribution in [2.45, 2.75) is 0 Å². The fourth-order valence-corrected chi connectivity index (χ4v) is 1.72. The highest BCUT2D eigenvalue weighted by Crippen LogP contribution is 2.30. The van der Waals surface area contributed by atoms with Crippen LogP contribution in [0.2, 0.25) is 0 Å². The molecule has 1 aliphatic heterocycles. The Kier molecular flexibility index (Phi) is 2.48. The molecule has 0 atom stereocenters. The largest absolute Gasteiger partial charge is 0.358 e. The van der Waals surface area contributed by atoms with Crippen molar-refractivity contribution in [2.75, 3.05) is 13.6 Å². The van der Waals surface area contributed by atoms with E-state index in [1.54, 1.807) is 19.2 Å². The first-order valence-corrected chi connectivity index (χ1v) is 4.96. The maximum Gasteiger partial charge on any atom is 0.259 e. The number of nitrogens with zero attached hydrogens (tertiary/aromatic N) is 1. The van der Waals surface area contributed by atoms with E-state index >= 15 is 0 Å². The molecular formula is C12H12N2O2. The van der Waals surface area contributed by atoms with Gasteiger partial charge < -0.3 is 5.32 Å². The first-order valence-electron chi connectivity index (χ1n) is 4.96. The standard InChI is InChI=1S/C12H12N2O2/c1-8-9-5-3-4-6-10(9)12(16)14(8)7-11(15)13-2/h3-6H,1,7H2,2H3,(H,13,15). The fraction of sp³-hybridized carbons (Fsp3) is 0.167. The smallest absolute Gasteiger partial charge is 0.259 e. The van der Waals surface area contributed by atoms with E-state index in [-0.39, 0.29) is 18.4 Å². The molecule has 1 aromatic rings. The summed E-state index contributed by atoms with van der Waals surface area (Å²) in [5.74, 6) is -0.369. The maximum atomic E-state index is 11.9. The van der Waals surface area contributed by atoms with Crippen molar-refractivity contribution in [3.8, 4) is 0 Å². The minimum absolute atomic E-state index is 0.0167. The number of hydrogen-bond acceptors (Lipinski definition) is 2. The molecule has 0 radical (unpaired) electrons. The lowest BCUT2D eigenvalue weighted by Gasteiger charge is -2.15. The van der Waals surface area contributed by atoms with Crippen molar-refractivity contribution >= 4 is 17.5 Å². The predicted molar refractivity (Wildman–Crippen MR) is 60.6 cm³/mol. The summed E-state index contributed by atoms with van der Waals surface area (Å²) >= 11 is 0. The van der Waals surface area contributed by atoms with E-state index in [0.717, 1.165) is 5.56 Å². The highest BCUT2D eigenvalue weighted by Gasteiger charge is 2.31. The monoisotopic (exact) mass is 216 g/mol. The second kappa shape index (κ2) is 3.81. The van der Waals surface area contributed by atoms with Gasteiger partial charge in [-0.2, -0.15) is 0 Å². The molecule has 0 spiro atoms. The summed E-state index contributed by atoms with van der Waals surface area (Å²) in [6.45, 7) is 3.86. The maximum absolute atomic E-state index is 11.9. The lowest BCUT2D eigenvalue weighted by atomic mass is 10.1. The molecule has 0 bridgehead atoms. The van der Waals surface area contributed by atoms with Crippen LogP contribution in [0, 0.1) is 0 Å². The van der Waals surface area contributed by atoms with Crippen LogP contribution in [0.3, 0.4) is 0 Å². The van der Waals surface area contributed by atoms with Crippen molar-refractivity contribution in [3.05, 3.63) is 42.0 Å². The SMILES string of the molecule is C=C1c2ccccc2C(=O)N1CC(=O)NC. The van der Waals surface area contributed by atoms with Gasteiger partial charge in [0.05, 0.1) is 0 Å². The molecule has 2 rings (SSSR count). The summed E-state index contributed by atoms with van der Waals surface area (Å²) in [5, 5.41) is 2.49. The Morgan fingerprint density at radius 3 is 2.56 bits per heavy atom. The van der Waals surface area contributed by atoms with Crippen molar-refractivity contribution in [2.24, 2.45) is 0 Å². The van der Waals surface area contributed by atoms with Gasteiger partial charge in [-0.15, -0.1) is 0 Å². The molecule has 0 saturated carbocycles. The normalized spacial score (nSPS) is 13.9. The third kappa shape index (κ3) is 1.48. The fourth-order valence-electron chi connectivity index (χ4n) is 1.72. The Morgan fingerprint density at radius 1 is 1.38 bits per heavy atom. The van der Waals surface area contributed by atoms with Crippen LogP contribution in [0.15, 0.2) is 30.8 Å². The molecule has 0 saturated heterocycles. The summed E-state index contributed by atoms with van der Waals surface area (Å²) in [6.07, 6.45) is 0. The number of nitrogens with one attached hydrogen (secondary N) is 1. The van der Waals surface area contributed by atoms with Gasteiger partial charge in [-0.3, -0.25) is 14.5 Å². The molecule has 1 aliphatic rings. The summed E-state index contributed by atoms with van der Waals surface area (Å²) in [5.41, 5.74) is 2.00. The summed E-state index contributed by atoms with van der Waals surface area (Å²) in [4.78, 5) is 24.6. The van der Waals surface area contributed by atoms with E-state index < -0.39 is 0 Å². The Labute approximate surface area is 93.6 Å². The van der Waals surface area contributed by atoms with Gasteiger partial charge in [0.1, 0.15) is 6.54 Å². The highest BCUT2D eigenvalue weighted by molar-refractivity contribution is 6.10. The molecule has 0 aromatic heterocycles. The molecule has 2 amide bonds. The Balaban J connectivity index is 2.32. The minimum Gasteiger partial charge on any atom is -0.358 e. The number of carbonyl (C=O) groups excluding carboxylic acids is 2. The topological polar surface area (TPSA) is 49.4 Å². The zero-order valence-corrected chi connectivity index (χ0v) is 8.99. The molecule has 16 heavy (non-hydrogen) atoms. The van der Waals surface area contributed by atoms with Crippen LogP contribution in [0.1, 0.15) is 15.9 Å². The van der Waals surface area contributed by atoms with Crippen LogP contribution in [0.25, 0.3) is 5.70 Å². The molecule has 1 heterocycles. The van der Waals surface area contributed by atoms with Crippen molar-refractivity contribution < 1.29 is 9.59 Å². The number of rotatable bonds is 2. The third-order valence-corrected chi connectivity index (χ3v) is 2.62. The first-order chi connectivity index (χ1) is 7.65. The Bertz CT molecular complexity index is 445. The molecule has 4 heteroatoms. The quantitative estimate of drug-likeness (QED) is 0.797. The lowest BCUT2D eigenvalue weighted by molar-refractivity contribution is -0.120. The van der Waals surface area contributed by atoms with Crippen LogP contribution in [0.5, 0.6) is 0 Å². The van der Waals surface area contributed by atoms with Gasteiger partial charge in [0, 0.05) is 23.9 Å². The van der Waals surface area contributed by atoms with Gasteiger partial charge in [0.25, 0.3) is 5.91 Å². The van der Waals surface area contributed by atoms with E-state index in [0.29, 0.717) is 11.3 Å². The second-order valence-electron chi connectivity index (χ2n) is 3.56. The van der Waals surface area contributed by atoms with E-state index in [4.69, 9.17) is 0 Å². The van der Waals surface area contributed by atoms with Crippen molar-refractivity contribution in [1.82, 2.24) is 10.2 Å². The first kappa shape index (κ1) is 10.4. The minimum atomic E-state index is -0.206. The second-order valence-corrected chi connectivity index (χ2v) is 3.56. The molecule has 4 nitrogen and oxygen atoms in total. The van der Waals surface area contributed by atoms with Gasteiger partial charge in [-0.25, -0.2) is 0 Å². The van der Waals surface area contributed by atoms with Gasteiger partial charge in [0.2, 0.25) is 5.91 Å². The molecule has 0 aliphatic carbocycles. The van der Waals surface area contributed by atoms with Crippen LogP contribution >= 0.6 is 0 Å². The number of carbonyl (C=O) groups is 2. The van der Waals surface area contributed by atoms with Gasteiger partial charge in [0.15, 0.2) is 0 Å². The molecule has 1 N–H and O–H groups in total. The van der Waals surface area contributed by atoms with Crippen LogP contribution in [-0.2, 0) is 4.79 Å². The summed E-state index contributed by atoms with van der Waals surface area (Å²) < 4.78 is 0. The Hall–Kier alpha value is -2.10. The molecule has 1 aromatic carbocycles. The predicted octanol–water partition coefficient (Wildman–Crippen LogP) is 0.859. The average Bonchev–Trinajstić information content (AvgIpc) is 2.55. The van der Waals surface area contributed by atoms with Crippen LogP contribution in [0.4, 0.5) is 0 Å². The number of likely N-dealkylation sites (N-methyl/N-ethyl adjacent to an activating group) is 1. The number of hydrogen-bond donors (Lipinski definition) is 1. The van der Waals surface area contributed by atoms with Crippen molar-refractivity contribution in [3.63, 3.8) is 0 Å².